The Morgan fingerprint density at radius 3 is 1.76 bits per heavy atom. The molecule has 0 spiro atoms. The van der Waals surface area contributed by atoms with Gasteiger partial charge < -0.3 is 0 Å². The monoisotopic (exact) mass is 261 g/mol. The quantitative estimate of drug-likeness (QED) is 0.784. The molecule has 1 N–H and O–H groups in total. The van der Waals surface area contributed by atoms with E-state index in [2.05, 4.69) is 67.8 Å². The van der Waals surface area contributed by atoms with Gasteiger partial charge in [0, 0.05) is 32.7 Å². The molecule has 1 aliphatic rings. The standard InChI is InChI=1S/C12H30N4P/c1-8-16(9-2)17(13-12(3,4)5)14(6)10-11-15(17)7/h13H,8-11H2,1-7H3/q+1. The average Bonchev–Trinajstić information content (AvgIpc) is 2.47. The van der Waals surface area contributed by atoms with E-state index >= 15 is 0 Å². The fourth-order valence-electron chi connectivity index (χ4n) is 2.57. The van der Waals surface area contributed by atoms with Crippen LogP contribution in [0, 0.1) is 0 Å². The van der Waals surface area contributed by atoms with Crippen molar-refractivity contribution in [1.82, 2.24) is 19.1 Å². The molecule has 0 aromatic carbocycles. The largest absolute Gasteiger partial charge is 0.306 e. The number of nitrogens with zero attached hydrogens (tertiary/aromatic N) is 3. The summed E-state index contributed by atoms with van der Waals surface area (Å²) in [6.07, 6.45) is 0. The molecule has 0 atom stereocenters. The van der Waals surface area contributed by atoms with Crippen molar-refractivity contribution >= 4 is 7.87 Å². The van der Waals surface area contributed by atoms with Gasteiger partial charge in [-0.15, -0.1) is 19.1 Å². The zero-order valence-corrected chi connectivity index (χ0v) is 13.5. The second-order valence-corrected chi connectivity index (χ2v) is 9.12. The Kier molecular flexibility index (Phi) is 4.96. The SMILES string of the molecule is CCN(CC)[P+]1(NC(C)(C)C)N(C)CCN1C. The lowest BCUT2D eigenvalue weighted by Crippen LogP contribution is -2.50. The zero-order valence-electron chi connectivity index (χ0n) is 12.6. The zero-order chi connectivity index (χ0) is 13.3. The summed E-state index contributed by atoms with van der Waals surface area (Å²) in [4.78, 5) is 0. The molecule has 1 aliphatic heterocycles. The summed E-state index contributed by atoms with van der Waals surface area (Å²) >= 11 is 0. The van der Waals surface area contributed by atoms with Gasteiger partial charge in [0.25, 0.3) is 0 Å². The first-order valence-electron chi connectivity index (χ1n) is 6.65. The van der Waals surface area contributed by atoms with Gasteiger partial charge in [-0.05, 0) is 34.6 Å². The van der Waals surface area contributed by atoms with Crippen molar-refractivity contribution in [2.75, 3.05) is 40.3 Å². The summed E-state index contributed by atoms with van der Waals surface area (Å²) in [5, 5.41) is 3.92. The van der Waals surface area contributed by atoms with Crippen LogP contribution in [0.2, 0.25) is 0 Å². The maximum absolute atomic E-state index is 3.92. The molecule has 0 saturated carbocycles. The molecule has 0 radical (unpaired) electrons. The third-order valence-electron chi connectivity index (χ3n) is 3.31. The lowest BCUT2D eigenvalue weighted by Gasteiger charge is -2.42. The van der Waals surface area contributed by atoms with Gasteiger partial charge in [-0.1, -0.05) is 0 Å². The molecule has 0 amide bonds. The van der Waals surface area contributed by atoms with Crippen LogP contribution in [0.5, 0.6) is 0 Å². The van der Waals surface area contributed by atoms with E-state index in [1.807, 2.05) is 0 Å². The summed E-state index contributed by atoms with van der Waals surface area (Å²) in [6.45, 7) is 15.8. The van der Waals surface area contributed by atoms with E-state index in [0.717, 1.165) is 26.2 Å². The van der Waals surface area contributed by atoms with Crippen molar-refractivity contribution in [3.8, 4) is 0 Å². The third kappa shape index (κ3) is 2.99. The third-order valence-corrected chi connectivity index (χ3v) is 7.94. The Bertz CT molecular complexity index is 237. The fourth-order valence-corrected chi connectivity index (χ4v) is 6.86. The van der Waals surface area contributed by atoms with Crippen LogP contribution < -0.4 is 5.09 Å². The maximum Gasteiger partial charge on any atom is 0.306 e. The molecule has 1 rings (SSSR count). The van der Waals surface area contributed by atoms with E-state index in [1.54, 1.807) is 0 Å². The van der Waals surface area contributed by atoms with Gasteiger partial charge in [-0.2, -0.15) is 0 Å². The van der Waals surface area contributed by atoms with E-state index in [0.29, 0.717) is 0 Å². The molecule has 102 valence electrons. The molecule has 1 fully saturated rings. The predicted octanol–water partition coefficient (Wildman–Crippen LogP) is 2.27. The minimum absolute atomic E-state index is 0.142. The minimum Gasteiger partial charge on any atom is -0.140 e. The van der Waals surface area contributed by atoms with Crippen molar-refractivity contribution in [2.24, 2.45) is 0 Å². The predicted molar refractivity (Wildman–Crippen MR) is 78.0 cm³/mol. The Labute approximate surface area is 108 Å². The molecule has 5 heteroatoms. The van der Waals surface area contributed by atoms with Gasteiger partial charge in [0.1, 0.15) is 0 Å². The van der Waals surface area contributed by atoms with Crippen LogP contribution in [-0.2, 0) is 0 Å². The molecular weight excluding hydrogens is 231 g/mol. The molecule has 0 aromatic rings. The highest BCUT2D eigenvalue weighted by Crippen LogP contribution is 2.66. The summed E-state index contributed by atoms with van der Waals surface area (Å²) < 4.78 is 7.67. The molecular formula is C12H30N4P+. The van der Waals surface area contributed by atoms with Crippen LogP contribution >= 0.6 is 7.87 Å². The smallest absolute Gasteiger partial charge is 0.140 e. The van der Waals surface area contributed by atoms with Gasteiger partial charge in [-0.3, -0.25) is 0 Å². The van der Waals surface area contributed by atoms with E-state index in [9.17, 15) is 0 Å². The Balaban J connectivity index is 3.07. The molecule has 0 aliphatic carbocycles. The van der Waals surface area contributed by atoms with Crippen molar-refractivity contribution in [1.29, 1.82) is 0 Å². The Hall–Kier alpha value is 0.270. The van der Waals surface area contributed by atoms with Crippen LogP contribution in [0.1, 0.15) is 34.6 Å². The van der Waals surface area contributed by atoms with E-state index < -0.39 is 7.87 Å². The molecule has 0 bridgehead atoms. The first kappa shape index (κ1) is 15.3. The summed E-state index contributed by atoms with van der Waals surface area (Å²) in [5.41, 5.74) is 0.142. The van der Waals surface area contributed by atoms with Crippen LogP contribution in [0.4, 0.5) is 0 Å². The highest BCUT2D eigenvalue weighted by Gasteiger charge is 2.58. The lowest BCUT2D eigenvalue weighted by atomic mass is 10.1. The first-order valence-corrected chi connectivity index (χ1v) is 8.29. The van der Waals surface area contributed by atoms with Gasteiger partial charge in [0.2, 0.25) is 0 Å². The van der Waals surface area contributed by atoms with Crippen molar-refractivity contribution in [2.45, 2.75) is 40.2 Å². The first-order chi connectivity index (χ1) is 7.78. The van der Waals surface area contributed by atoms with Gasteiger partial charge >= 0.3 is 7.87 Å². The maximum atomic E-state index is 3.92. The Morgan fingerprint density at radius 1 is 1.06 bits per heavy atom. The normalized spacial score (nSPS) is 22.6. The van der Waals surface area contributed by atoms with Crippen LogP contribution in [0.25, 0.3) is 0 Å². The van der Waals surface area contributed by atoms with E-state index in [-0.39, 0.29) is 5.54 Å². The van der Waals surface area contributed by atoms with Crippen molar-refractivity contribution < 1.29 is 0 Å². The average molecular weight is 261 g/mol. The molecule has 17 heavy (non-hydrogen) atoms. The Morgan fingerprint density at radius 2 is 1.47 bits per heavy atom. The highest BCUT2D eigenvalue weighted by atomic mass is 31.2. The molecule has 1 saturated heterocycles. The minimum atomic E-state index is -1.51. The molecule has 4 nitrogen and oxygen atoms in total. The number of likely N-dealkylation sites (N-methyl/N-ethyl adjacent to an activating group) is 2. The number of hydrogen-bond acceptors (Lipinski definition) is 4. The van der Waals surface area contributed by atoms with Crippen LogP contribution in [0.3, 0.4) is 0 Å². The second kappa shape index (κ2) is 5.50. The number of hydrogen-bond donors (Lipinski definition) is 1. The molecule has 1 heterocycles. The van der Waals surface area contributed by atoms with E-state index in [1.165, 1.54) is 0 Å². The van der Waals surface area contributed by atoms with Crippen LogP contribution in [0.15, 0.2) is 0 Å². The summed E-state index contributed by atoms with van der Waals surface area (Å²) in [7, 11) is 3.01. The van der Waals surface area contributed by atoms with Gasteiger partial charge in [-0.25, -0.2) is 0 Å². The summed E-state index contributed by atoms with van der Waals surface area (Å²) in [5.74, 6) is 0. The summed E-state index contributed by atoms with van der Waals surface area (Å²) in [6, 6.07) is 0. The van der Waals surface area contributed by atoms with Crippen LogP contribution in [-0.4, -0.2) is 59.8 Å². The number of nitrogens with one attached hydrogen (secondary N) is 1. The highest BCUT2D eigenvalue weighted by molar-refractivity contribution is 7.67. The topological polar surface area (TPSA) is 21.8 Å². The lowest BCUT2D eigenvalue weighted by molar-refractivity contribution is 0.382. The second-order valence-electron chi connectivity index (χ2n) is 5.83. The van der Waals surface area contributed by atoms with Crippen molar-refractivity contribution in [3.05, 3.63) is 0 Å². The van der Waals surface area contributed by atoms with Gasteiger partial charge in [0.15, 0.2) is 0 Å². The molecule has 0 aromatic heterocycles. The van der Waals surface area contributed by atoms with Gasteiger partial charge in [0.05, 0.1) is 13.1 Å². The number of rotatable bonds is 4. The van der Waals surface area contributed by atoms with Crippen molar-refractivity contribution in [3.63, 3.8) is 0 Å². The fraction of sp³-hybridized carbons (Fsp3) is 1.00. The molecule has 0 unspecified atom stereocenters. The van der Waals surface area contributed by atoms with E-state index in [4.69, 9.17) is 0 Å².